The van der Waals surface area contributed by atoms with Crippen LogP contribution in [0, 0.1) is 0 Å². The van der Waals surface area contributed by atoms with E-state index in [4.69, 9.17) is 25.2 Å². The van der Waals surface area contributed by atoms with Crippen molar-refractivity contribution in [3.05, 3.63) is 0 Å². The molecule has 0 spiro atoms. The maximum Gasteiger partial charge on any atom is 0.111 e. The van der Waals surface area contributed by atoms with Gasteiger partial charge >= 0.3 is 0 Å². The van der Waals surface area contributed by atoms with Crippen LogP contribution in [0.3, 0.4) is 0 Å². The highest BCUT2D eigenvalue weighted by atomic mass is 16.5. The average Bonchev–Trinajstić information content (AvgIpc) is 2.01. The Labute approximate surface area is 63.8 Å². The van der Waals surface area contributed by atoms with Crippen molar-refractivity contribution in [3.8, 4) is 0 Å². The monoisotopic (exact) mass is 164 g/mol. The van der Waals surface area contributed by atoms with Gasteiger partial charge in [0.25, 0.3) is 0 Å². The Hall–Kier alpha value is -0.200. The van der Waals surface area contributed by atoms with E-state index in [-0.39, 0.29) is 13.2 Å². The summed E-state index contributed by atoms with van der Waals surface area (Å²) in [5.74, 6) is 0. The van der Waals surface area contributed by atoms with E-state index in [1.807, 2.05) is 0 Å². The molecule has 1 aliphatic heterocycles. The van der Waals surface area contributed by atoms with Crippen LogP contribution in [-0.4, -0.2) is 58.1 Å². The molecule has 0 aromatic carbocycles. The van der Waals surface area contributed by atoms with Gasteiger partial charge in [0.2, 0.25) is 0 Å². The van der Waals surface area contributed by atoms with Gasteiger partial charge in [0.1, 0.15) is 24.4 Å². The Kier molecular flexibility index (Phi) is 2.80. The van der Waals surface area contributed by atoms with Crippen LogP contribution in [0.1, 0.15) is 0 Å². The number of hydrogen-bond acceptors (Lipinski definition) is 5. The van der Waals surface area contributed by atoms with Crippen molar-refractivity contribution < 1.29 is 25.2 Å². The quantitative estimate of drug-likeness (QED) is 0.343. The van der Waals surface area contributed by atoms with Crippen molar-refractivity contribution >= 4 is 0 Å². The van der Waals surface area contributed by atoms with Gasteiger partial charge in [-0.1, -0.05) is 0 Å². The standard InChI is InChI=1S/C6H12O5/c7-1-4-6(10)5(9)3(8)2-11-4/h3-10H,1-2H2/t3-,4-,5+,6+/m0/s1. The maximum absolute atomic E-state index is 9.11. The summed E-state index contributed by atoms with van der Waals surface area (Å²) in [5, 5.41) is 35.7. The molecule has 5 heteroatoms. The molecule has 1 saturated heterocycles. The van der Waals surface area contributed by atoms with E-state index in [0.717, 1.165) is 0 Å². The van der Waals surface area contributed by atoms with Crippen LogP contribution in [-0.2, 0) is 4.74 Å². The van der Waals surface area contributed by atoms with E-state index in [1.54, 1.807) is 0 Å². The van der Waals surface area contributed by atoms with E-state index >= 15 is 0 Å². The molecule has 1 rings (SSSR count). The average molecular weight is 164 g/mol. The molecular weight excluding hydrogens is 152 g/mol. The lowest BCUT2D eigenvalue weighted by Gasteiger charge is -2.34. The second kappa shape index (κ2) is 3.46. The van der Waals surface area contributed by atoms with E-state index < -0.39 is 24.4 Å². The van der Waals surface area contributed by atoms with Gasteiger partial charge in [-0.05, 0) is 0 Å². The van der Waals surface area contributed by atoms with Crippen molar-refractivity contribution in [1.82, 2.24) is 0 Å². The predicted molar refractivity (Wildman–Crippen MR) is 34.8 cm³/mol. The highest BCUT2D eigenvalue weighted by Gasteiger charge is 2.36. The zero-order chi connectivity index (χ0) is 8.43. The Morgan fingerprint density at radius 1 is 1.18 bits per heavy atom. The first-order valence-electron chi connectivity index (χ1n) is 3.43. The minimum absolute atomic E-state index is 0.0521. The van der Waals surface area contributed by atoms with Crippen LogP contribution < -0.4 is 0 Å². The first-order chi connectivity index (χ1) is 5.16. The van der Waals surface area contributed by atoms with E-state index in [2.05, 4.69) is 0 Å². The van der Waals surface area contributed by atoms with Gasteiger partial charge in [0.15, 0.2) is 0 Å². The van der Waals surface area contributed by atoms with Crippen molar-refractivity contribution in [1.29, 1.82) is 0 Å². The third-order valence-corrected chi connectivity index (χ3v) is 1.79. The minimum atomic E-state index is -1.22. The summed E-state index contributed by atoms with van der Waals surface area (Å²) in [4.78, 5) is 0. The number of aliphatic hydroxyl groups is 4. The fraction of sp³-hybridized carbons (Fsp3) is 1.00. The molecule has 0 radical (unpaired) electrons. The zero-order valence-corrected chi connectivity index (χ0v) is 5.92. The molecule has 0 aliphatic carbocycles. The smallest absolute Gasteiger partial charge is 0.111 e. The first kappa shape index (κ1) is 8.89. The summed E-state index contributed by atoms with van der Waals surface area (Å²) in [6.45, 7) is -0.408. The highest BCUT2D eigenvalue weighted by molar-refractivity contribution is 4.85. The molecule has 1 fully saturated rings. The molecule has 0 amide bonds. The molecule has 1 aliphatic rings. The lowest BCUT2D eigenvalue weighted by atomic mass is 10.0. The molecular formula is C6H12O5. The Bertz CT molecular complexity index is 126. The van der Waals surface area contributed by atoms with Crippen LogP contribution in [0.25, 0.3) is 0 Å². The number of rotatable bonds is 1. The normalized spacial score (nSPS) is 45.8. The molecule has 4 atom stereocenters. The lowest BCUT2D eigenvalue weighted by Crippen LogP contribution is -2.53. The van der Waals surface area contributed by atoms with Gasteiger partial charge in [-0.25, -0.2) is 0 Å². The fourth-order valence-electron chi connectivity index (χ4n) is 1.03. The summed E-state index contributed by atoms with van der Waals surface area (Å²) in [7, 11) is 0. The molecule has 0 bridgehead atoms. The van der Waals surface area contributed by atoms with E-state index in [0.29, 0.717) is 0 Å². The lowest BCUT2D eigenvalue weighted by molar-refractivity contribution is -0.195. The van der Waals surface area contributed by atoms with Crippen molar-refractivity contribution in [2.75, 3.05) is 13.2 Å². The van der Waals surface area contributed by atoms with Gasteiger partial charge in [-0.2, -0.15) is 0 Å². The highest BCUT2D eigenvalue weighted by Crippen LogP contribution is 2.14. The third-order valence-electron chi connectivity index (χ3n) is 1.79. The SMILES string of the molecule is OC[C@@H]1OC[C@H](O)[C@@H](O)[C@@H]1O. The van der Waals surface area contributed by atoms with Crippen molar-refractivity contribution in [3.63, 3.8) is 0 Å². The molecule has 66 valence electrons. The van der Waals surface area contributed by atoms with Gasteiger partial charge < -0.3 is 25.2 Å². The summed E-state index contributed by atoms with van der Waals surface area (Å²) >= 11 is 0. The first-order valence-corrected chi connectivity index (χ1v) is 3.43. The van der Waals surface area contributed by atoms with Crippen molar-refractivity contribution in [2.24, 2.45) is 0 Å². The van der Waals surface area contributed by atoms with Crippen LogP contribution >= 0.6 is 0 Å². The molecule has 0 saturated carbocycles. The molecule has 0 unspecified atom stereocenters. The van der Waals surface area contributed by atoms with Gasteiger partial charge in [0, 0.05) is 0 Å². The third kappa shape index (κ3) is 1.69. The number of ether oxygens (including phenoxy) is 1. The maximum atomic E-state index is 9.11. The van der Waals surface area contributed by atoms with E-state index in [1.165, 1.54) is 0 Å². The Morgan fingerprint density at radius 3 is 2.36 bits per heavy atom. The number of hydrogen-bond donors (Lipinski definition) is 4. The van der Waals surface area contributed by atoms with Crippen LogP contribution in [0.2, 0.25) is 0 Å². The topological polar surface area (TPSA) is 90.2 Å². The van der Waals surface area contributed by atoms with Gasteiger partial charge in [-0.3, -0.25) is 0 Å². The molecule has 4 N–H and O–H groups in total. The molecule has 5 nitrogen and oxygen atoms in total. The molecule has 0 aromatic heterocycles. The van der Waals surface area contributed by atoms with Crippen LogP contribution in [0.4, 0.5) is 0 Å². The minimum Gasteiger partial charge on any atom is -0.394 e. The Balaban J connectivity index is 2.52. The summed E-state index contributed by atoms with van der Waals surface area (Å²) in [5.41, 5.74) is 0. The largest absolute Gasteiger partial charge is 0.394 e. The zero-order valence-electron chi connectivity index (χ0n) is 5.92. The molecule has 11 heavy (non-hydrogen) atoms. The van der Waals surface area contributed by atoms with E-state index in [9.17, 15) is 0 Å². The molecule has 1 heterocycles. The summed E-state index contributed by atoms with van der Waals surface area (Å²) < 4.78 is 4.81. The fourth-order valence-corrected chi connectivity index (χ4v) is 1.03. The second-order valence-corrected chi connectivity index (χ2v) is 2.60. The predicted octanol–water partition coefficient (Wildman–Crippen LogP) is -2.54. The second-order valence-electron chi connectivity index (χ2n) is 2.60. The number of aliphatic hydroxyl groups excluding tert-OH is 4. The summed E-state index contributed by atoms with van der Waals surface area (Å²) in [6, 6.07) is 0. The van der Waals surface area contributed by atoms with Gasteiger partial charge in [-0.15, -0.1) is 0 Å². The summed E-state index contributed by atoms with van der Waals surface area (Å²) in [6.07, 6.45) is -4.27. The van der Waals surface area contributed by atoms with Crippen molar-refractivity contribution in [2.45, 2.75) is 24.4 Å². The molecule has 0 aromatic rings. The Morgan fingerprint density at radius 2 is 1.82 bits per heavy atom. The van der Waals surface area contributed by atoms with Gasteiger partial charge in [0.05, 0.1) is 13.2 Å². The van der Waals surface area contributed by atoms with Crippen LogP contribution in [0.15, 0.2) is 0 Å². The van der Waals surface area contributed by atoms with Crippen LogP contribution in [0.5, 0.6) is 0 Å².